The number of nitrogens with zero attached hydrogens (tertiary/aromatic N) is 1. The summed E-state index contributed by atoms with van der Waals surface area (Å²) in [7, 11) is -2.12. The second kappa shape index (κ2) is 9.61. The minimum atomic E-state index is -4.44. The number of alkyl halides is 3. The molecule has 2 bridgehead atoms. The van der Waals surface area contributed by atoms with Crippen molar-refractivity contribution in [1.29, 1.82) is 0 Å². The van der Waals surface area contributed by atoms with Crippen molar-refractivity contribution in [3.63, 3.8) is 0 Å². The molecule has 2 aliphatic rings. The van der Waals surface area contributed by atoms with E-state index in [2.05, 4.69) is 5.32 Å². The number of ether oxygens (including phenoxy) is 1. The quantitative estimate of drug-likeness (QED) is 0.595. The fourth-order valence-electron chi connectivity index (χ4n) is 4.85. The third kappa shape index (κ3) is 5.11. The highest BCUT2D eigenvalue weighted by Gasteiger charge is 2.46. The number of halogens is 3. The summed E-state index contributed by atoms with van der Waals surface area (Å²) in [5, 5.41) is 2.75. The van der Waals surface area contributed by atoms with Crippen LogP contribution < -0.4 is 5.32 Å². The van der Waals surface area contributed by atoms with E-state index in [1.165, 1.54) is 31.4 Å². The second-order valence-corrected chi connectivity index (χ2v) is 10.9. The molecule has 2 atom stereocenters. The molecule has 2 heterocycles. The van der Waals surface area contributed by atoms with Gasteiger partial charge in [0.15, 0.2) is 9.84 Å². The van der Waals surface area contributed by atoms with Gasteiger partial charge in [0.25, 0.3) is 0 Å². The van der Waals surface area contributed by atoms with E-state index in [-0.39, 0.29) is 17.5 Å². The van der Waals surface area contributed by atoms with Crippen molar-refractivity contribution in [2.75, 3.05) is 13.4 Å². The Bertz CT molecular complexity index is 1300. The van der Waals surface area contributed by atoms with Crippen molar-refractivity contribution >= 4 is 27.4 Å². The monoisotopic (exact) mass is 522 g/mol. The Morgan fingerprint density at radius 3 is 2.25 bits per heavy atom. The molecule has 4 rings (SSSR count). The molecule has 1 fully saturated rings. The van der Waals surface area contributed by atoms with Crippen LogP contribution in [0.15, 0.2) is 59.0 Å². The lowest BCUT2D eigenvalue weighted by molar-refractivity contribution is -0.138. The van der Waals surface area contributed by atoms with Crippen LogP contribution >= 0.6 is 0 Å². The van der Waals surface area contributed by atoms with Crippen molar-refractivity contribution in [1.82, 2.24) is 10.2 Å². The van der Waals surface area contributed by atoms with Crippen LogP contribution in [0.5, 0.6) is 0 Å². The summed E-state index contributed by atoms with van der Waals surface area (Å²) in [6, 6.07) is 9.66. The number of urea groups is 1. The smallest absolute Gasteiger partial charge is 0.416 e. The standard InChI is InChI=1S/C25H25F3N2O5S/c1-35-23(31)22-20(16-5-10-19(11-6-16)36(2,33)34)13-18-9-12-21(22)30(18)24(32)29-14-15-3-7-17(8-4-15)25(26,27)28/h3-8,10-11,18,21H,9,12-14H2,1-2H3,(H,29,32)/t18-,21+/m0/s1. The molecule has 0 aliphatic carbocycles. The number of sulfone groups is 1. The Morgan fingerprint density at radius 2 is 1.69 bits per heavy atom. The molecule has 2 amide bonds. The average molecular weight is 523 g/mol. The molecule has 0 aromatic heterocycles. The molecular weight excluding hydrogens is 497 g/mol. The van der Waals surface area contributed by atoms with Crippen molar-refractivity contribution < 1.29 is 35.9 Å². The van der Waals surface area contributed by atoms with Gasteiger partial charge in [-0.15, -0.1) is 0 Å². The number of carbonyl (C=O) groups is 2. The SMILES string of the molecule is COC(=O)C1=C(c2ccc(S(C)(=O)=O)cc2)C[C@@H]2CC[C@H]1N2C(=O)NCc1ccc(C(F)(F)F)cc1. The summed E-state index contributed by atoms with van der Waals surface area (Å²) < 4.78 is 67.0. The molecule has 2 aromatic rings. The van der Waals surface area contributed by atoms with Crippen LogP contribution in [0.4, 0.5) is 18.0 Å². The van der Waals surface area contributed by atoms with E-state index >= 15 is 0 Å². The summed E-state index contributed by atoms with van der Waals surface area (Å²) in [5.74, 6) is -0.567. The molecule has 2 aromatic carbocycles. The Hall–Kier alpha value is -3.34. The van der Waals surface area contributed by atoms with Gasteiger partial charge in [0.1, 0.15) is 0 Å². The molecule has 2 aliphatic heterocycles. The number of carbonyl (C=O) groups excluding carboxylic acids is 2. The molecule has 0 radical (unpaired) electrons. The summed E-state index contributed by atoms with van der Waals surface area (Å²) >= 11 is 0. The molecule has 0 spiro atoms. The normalized spacial score (nSPS) is 19.9. The number of benzene rings is 2. The van der Waals surface area contributed by atoms with Gasteiger partial charge in [-0.1, -0.05) is 24.3 Å². The molecule has 11 heteroatoms. The number of amides is 2. The molecule has 192 valence electrons. The van der Waals surface area contributed by atoms with Gasteiger partial charge in [-0.25, -0.2) is 18.0 Å². The number of rotatable bonds is 5. The molecule has 0 saturated carbocycles. The first-order chi connectivity index (χ1) is 16.9. The van der Waals surface area contributed by atoms with Crippen molar-refractivity contribution in [3.05, 3.63) is 70.8 Å². The first kappa shape index (κ1) is 25.7. The fraction of sp³-hybridized carbons (Fsp3) is 0.360. The van der Waals surface area contributed by atoms with Crippen LogP contribution in [0.25, 0.3) is 5.57 Å². The number of hydrogen-bond donors (Lipinski definition) is 1. The molecule has 1 saturated heterocycles. The predicted octanol–water partition coefficient (Wildman–Crippen LogP) is 4.18. The van der Waals surface area contributed by atoms with E-state index in [0.717, 1.165) is 18.4 Å². The number of nitrogens with one attached hydrogen (secondary N) is 1. The van der Waals surface area contributed by atoms with Gasteiger partial charge in [0.05, 0.1) is 29.2 Å². The van der Waals surface area contributed by atoms with Gasteiger partial charge < -0.3 is 15.0 Å². The zero-order valence-corrected chi connectivity index (χ0v) is 20.4. The Morgan fingerprint density at radius 1 is 1.06 bits per heavy atom. The first-order valence-corrected chi connectivity index (χ1v) is 13.1. The van der Waals surface area contributed by atoms with Gasteiger partial charge >= 0.3 is 18.2 Å². The molecule has 7 nitrogen and oxygen atoms in total. The van der Waals surface area contributed by atoms with Crippen LogP contribution in [0.2, 0.25) is 0 Å². The van der Waals surface area contributed by atoms with Crippen LogP contribution in [0.1, 0.15) is 36.0 Å². The van der Waals surface area contributed by atoms with Gasteiger partial charge in [0, 0.05) is 18.8 Å². The lowest BCUT2D eigenvalue weighted by atomic mass is 9.88. The van der Waals surface area contributed by atoms with Crippen molar-refractivity contribution in [2.24, 2.45) is 0 Å². The lowest BCUT2D eigenvalue weighted by Gasteiger charge is -2.37. The van der Waals surface area contributed by atoms with Crippen LogP contribution in [-0.2, 0) is 32.1 Å². The van der Waals surface area contributed by atoms with E-state index in [1.807, 2.05) is 0 Å². The maximum Gasteiger partial charge on any atom is 0.416 e. The highest BCUT2D eigenvalue weighted by Crippen LogP contribution is 2.43. The topological polar surface area (TPSA) is 92.8 Å². The van der Waals surface area contributed by atoms with Gasteiger partial charge in [-0.3, -0.25) is 0 Å². The summed E-state index contributed by atoms with van der Waals surface area (Å²) in [5.41, 5.74) is 1.49. The number of methoxy groups -OCH3 is 1. The van der Waals surface area contributed by atoms with Crippen molar-refractivity contribution in [2.45, 2.75) is 49.0 Å². The highest BCUT2D eigenvalue weighted by atomic mass is 32.2. The average Bonchev–Trinajstić information content (AvgIpc) is 3.14. The van der Waals surface area contributed by atoms with E-state index < -0.39 is 39.6 Å². The van der Waals surface area contributed by atoms with Gasteiger partial charge in [-0.05, 0) is 60.2 Å². The largest absolute Gasteiger partial charge is 0.466 e. The highest BCUT2D eigenvalue weighted by molar-refractivity contribution is 7.90. The molecule has 36 heavy (non-hydrogen) atoms. The Balaban J connectivity index is 1.56. The van der Waals surface area contributed by atoms with E-state index in [4.69, 9.17) is 4.74 Å². The van der Waals surface area contributed by atoms with Crippen LogP contribution in [0.3, 0.4) is 0 Å². The number of fused-ring (bicyclic) bond motifs is 2. The third-order valence-corrected chi connectivity index (χ3v) is 7.72. The molecule has 1 N–H and O–H groups in total. The van der Waals surface area contributed by atoms with E-state index in [0.29, 0.717) is 41.5 Å². The van der Waals surface area contributed by atoms with E-state index in [1.54, 1.807) is 17.0 Å². The minimum Gasteiger partial charge on any atom is -0.466 e. The predicted molar refractivity (Wildman–Crippen MR) is 125 cm³/mol. The lowest BCUT2D eigenvalue weighted by Crippen LogP contribution is -2.50. The molecule has 0 unspecified atom stereocenters. The molecular formula is C25H25F3N2O5S. The summed E-state index contributed by atoms with van der Waals surface area (Å²) in [6.45, 7) is 0.0317. The summed E-state index contributed by atoms with van der Waals surface area (Å²) in [4.78, 5) is 27.7. The zero-order chi connectivity index (χ0) is 26.3. The zero-order valence-electron chi connectivity index (χ0n) is 19.6. The maximum atomic E-state index is 13.1. The van der Waals surface area contributed by atoms with Crippen LogP contribution in [-0.4, -0.2) is 50.8 Å². The van der Waals surface area contributed by atoms with E-state index in [9.17, 15) is 31.2 Å². The maximum absolute atomic E-state index is 13.1. The van der Waals surface area contributed by atoms with Gasteiger partial charge in [-0.2, -0.15) is 13.2 Å². The summed E-state index contributed by atoms with van der Waals surface area (Å²) in [6.07, 6.45) is -1.73. The minimum absolute atomic E-state index is 0.0317. The Kier molecular flexibility index (Phi) is 6.87. The fourth-order valence-corrected chi connectivity index (χ4v) is 5.48. The van der Waals surface area contributed by atoms with Gasteiger partial charge in [0.2, 0.25) is 0 Å². The first-order valence-electron chi connectivity index (χ1n) is 11.2. The number of esters is 1. The van der Waals surface area contributed by atoms with Crippen LogP contribution in [0, 0.1) is 0 Å². The Labute approximate surface area is 206 Å². The van der Waals surface area contributed by atoms with Crippen molar-refractivity contribution in [3.8, 4) is 0 Å². The second-order valence-electron chi connectivity index (χ2n) is 8.89. The number of hydrogen-bond acceptors (Lipinski definition) is 5. The third-order valence-electron chi connectivity index (χ3n) is 6.60.